The van der Waals surface area contributed by atoms with Gasteiger partial charge in [0, 0.05) is 0 Å². The van der Waals surface area contributed by atoms with Crippen molar-refractivity contribution in [1.82, 2.24) is 5.32 Å². The van der Waals surface area contributed by atoms with Crippen molar-refractivity contribution in [3.05, 3.63) is 0 Å². The third-order valence-corrected chi connectivity index (χ3v) is 3.02. The molecule has 0 aromatic carbocycles. The van der Waals surface area contributed by atoms with Crippen molar-refractivity contribution < 1.29 is 13.2 Å². The van der Waals surface area contributed by atoms with Gasteiger partial charge >= 0.3 is 6.18 Å². The van der Waals surface area contributed by atoms with Crippen molar-refractivity contribution in [2.45, 2.75) is 45.8 Å². The summed E-state index contributed by atoms with van der Waals surface area (Å²) in [6.45, 7) is 6.51. The zero-order valence-electron chi connectivity index (χ0n) is 8.91. The summed E-state index contributed by atoms with van der Waals surface area (Å²) in [5.74, 6) is 0.162. The third kappa shape index (κ3) is 2.87. The molecular weight excluding hydrogens is 191 g/mol. The Hall–Kier alpha value is -0.250. The van der Waals surface area contributed by atoms with Gasteiger partial charge in [-0.15, -0.1) is 0 Å². The first-order chi connectivity index (χ1) is 6.21. The van der Waals surface area contributed by atoms with E-state index in [1.165, 1.54) is 0 Å². The van der Waals surface area contributed by atoms with Gasteiger partial charge in [-0.3, -0.25) is 0 Å². The third-order valence-electron chi connectivity index (χ3n) is 3.02. The van der Waals surface area contributed by atoms with Crippen molar-refractivity contribution in [3.63, 3.8) is 0 Å². The molecule has 0 aliphatic carbocycles. The molecule has 1 heterocycles. The smallest absolute Gasteiger partial charge is 0.306 e. The van der Waals surface area contributed by atoms with E-state index in [2.05, 4.69) is 5.32 Å². The Kier molecular flexibility index (Phi) is 3.14. The zero-order valence-corrected chi connectivity index (χ0v) is 8.91. The fourth-order valence-electron chi connectivity index (χ4n) is 1.95. The van der Waals surface area contributed by atoms with Crippen LogP contribution in [0, 0.1) is 11.3 Å². The van der Waals surface area contributed by atoms with Crippen LogP contribution < -0.4 is 5.32 Å². The first-order valence-electron chi connectivity index (χ1n) is 5.01. The van der Waals surface area contributed by atoms with Gasteiger partial charge in [0.2, 0.25) is 0 Å². The van der Waals surface area contributed by atoms with E-state index < -0.39 is 12.2 Å². The van der Waals surface area contributed by atoms with Crippen LogP contribution in [0.1, 0.15) is 33.6 Å². The molecule has 1 nitrogen and oxygen atoms in total. The molecule has 4 heteroatoms. The maximum absolute atomic E-state index is 12.4. The van der Waals surface area contributed by atoms with Crippen LogP contribution in [0.3, 0.4) is 0 Å². The number of nitrogens with one attached hydrogen (secondary N) is 1. The Morgan fingerprint density at radius 3 is 2.14 bits per heavy atom. The minimum absolute atomic E-state index is 0.0222. The number of piperidine rings is 1. The van der Waals surface area contributed by atoms with E-state index in [4.69, 9.17) is 0 Å². The second-order valence-corrected chi connectivity index (χ2v) is 5.14. The summed E-state index contributed by atoms with van der Waals surface area (Å²) in [4.78, 5) is 0. The molecule has 1 N–H and O–H groups in total. The normalized spacial score (nSPS) is 30.4. The highest BCUT2D eigenvalue weighted by Crippen LogP contribution is 2.37. The summed E-state index contributed by atoms with van der Waals surface area (Å²) in [6.07, 6.45) is -3.03. The van der Waals surface area contributed by atoms with Crippen molar-refractivity contribution in [2.24, 2.45) is 11.3 Å². The summed E-state index contributed by atoms with van der Waals surface area (Å²) in [6, 6.07) is -1.31. The summed E-state index contributed by atoms with van der Waals surface area (Å²) < 4.78 is 37.3. The molecule has 0 aromatic heterocycles. The predicted octanol–water partition coefficient (Wildman–Crippen LogP) is 2.96. The topological polar surface area (TPSA) is 12.0 Å². The number of rotatable bonds is 0. The lowest BCUT2D eigenvalue weighted by Gasteiger charge is -2.38. The first-order valence-corrected chi connectivity index (χ1v) is 5.01. The molecule has 0 radical (unpaired) electrons. The van der Waals surface area contributed by atoms with E-state index in [0.29, 0.717) is 6.54 Å². The molecule has 1 fully saturated rings. The van der Waals surface area contributed by atoms with Gasteiger partial charge in [0.15, 0.2) is 0 Å². The average Bonchev–Trinajstić information content (AvgIpc) is 2.01. The van der Waals surface area contributed by atoms with Crippen LogP contribution >= 0.6 is 0 Å². The Balaban J connectivity index is 2.61. The molecule has 0 saturated carbocycles. The lowest BCUT2D eigenvalue weighted by molar-refractivity contribution is -0.166. The van der Waals surface area contributed by atoms with Gasteiger partial charge in [0.25, 0.3) is 0 Å². The van der Waals surface area contributed by atoms with Gasteiger partial charge in [-0.2, -0.15) is 13.2 Å². The maximum Gasteiger partial charge on any atom is 0.403 e. The minimum Gasteiger partial charge on any atom is -0.306 e. The van der Waals surface area contributed by atoms with E-state index in [-0.39, 0.29) is 17.8 Å². The summed E-state index contributed by atoms with van der Waals surface area (Å²) in [5, 5.41) is 2.54. The first kappa shape index (κ1) is 11.8. The summed E-state index contributed by atoms with van der Waals surface area (Å²) >= 11 is 0. The van der Waals surface area contributed by atoms with Crippen molar-refractivity contribution in [1.29, 1.82) is 0 Å². The van der Waals surface area contributed by atoms with E-state index in [1.807, 2.05) is 20.8 Å². The van der Waals surface area contributed by atoms with E-state index in [1.54, 1.807) is 0 Å². The second-order valence-electron chi connectivity index (χ2n) is 5.14. The highest BCUT2D eigenvalue weighted by molar-refractivity contribution is 4.88. The molecule has 1 saturated heterocycles. The Bertz CT molecular complexity index is 173. The van der Waals surface area contributed by atoms with E-state index >= 15 is 0 Å². The minimum atomic E-state index is -4.09. The van der Waals surface area contributed by atoms with E-state index in [9.17, 15) is 13.2 Å². The largest absolute Gasteiger partial charge is 0.403 e. The lowest BCUT2D eigenvalue weighted by atomic mass is 9.73. The molecule has 84 valence electrons. The predicted molar refractivity (Wildman–Crippen MR) is 50.0 cm³/mol. The summed E-state index contributed by atoms with van der Waals surface area (Å²) in [5.41, 5.74) is -0.0222. The average molecular weight is 209 g/mol. The SMILES string of the molecule is CC(C)(C)C1CCNC(C(F)(F)F)C1. The highest BCUT2D eigenvalue weighted by atomic mass is 19.4. The monoisotopic (exact) mass is 209 g/mol. The fourth-order valence-corrected chi connectivity index (χ4v) is 1.95. The lowest BCUT2D eigenvalue weighted by Crippen LogP contribution is -2.49. The number of halogens is 3. The highest BCUT2D eigenvalue weighted by Gasteiger charge is 2.44. The van der Waals surface area contributed by atoms with Crippen LogP contribution in [0.15, 0.2) is 0 Å². The molecule has 1 aliphatic heterocycles. The molecule has 2 atom stereocenters. The van der Waals surface area contributed by atoms with Crippen molar-refractivity contribution >= 4 is 0 Å². The van der Waals surface area contributed by atoms with Crippen LogP contribution in [-0.4, -0.2) is 18.8 Å². The van der Waals surface area contributed by atoms with Crippen molar-refractivity contribution in [2.75, 3.05) is 6.54 Å². The van der Waals surface area contributed by atoms with Crippen LogP contribution in [0.25, 0.3) is 0 Å². The van der Waals surface area contributed by atoms with Crippen LogP contribution in [0.5, 0.6) is 0 Å². The second kappa shape index (κ2) is 3.72. The Labute approximate surface area is 83.1 Å². The molecule has 0 aromatic rings. The quantitative estimate of drug-likeness (QED) is 0.646. The standard InChI is InChI=1S/C10H18F3N/c1-9(2,3)7-4-5-14-8(6-7)10(11,12)13/h7-8,14H,4-6H2,1-3H3. The molecular formula is C10H18F3N. The van der Waals surface area contributed by atoms with Gasteiger partial charge in [-0.05, 0) is 30.7 Å². The van der Waals surface area contributed by atoms with Gasteiger partial charge in [0.1, 0.15) is 6.04 Å². The van der Waals surface area contributed by atoms with Gasteiger partial charge in [0.05, 0.1) is 0 Å². The van der Waals surface area contributed by atoms with Gasteiger partial charge in [-0.1, -0.05) is 20.8 Å². The maximum atomic E-state index is 12.4. The molecule has 1 aliphatic rings. The van der Waals surface area contributed by atoms with Gasteiger partial charge in [-0.25, -0.2) is 0 Å². The van der Waals surface area contributed by atoms with Gasteiger partial charge < -0.3 is 5.32 Å². The molecule has 0 amide bonds. The summed E-state index contributed by atoms with van der Waals surface area (Å²) in [7, 11) is 0. The molecule has 0 bridgehead atoms. The van der Waals surface area contributed by atoms with Crippen molar-refractivity contribution in [3.8, 4) is 0 Å². The number of hydrogen-bond donors (Lipinski definition) is 1. The molecule has 2 unspecified atom stereocenters. The Morgan fingerprint density at radius 1 is 1.14 bits per heavy atom. The van der Waals surface area contributed by atoms with E-state index in [0.717, 1.165) is 6.42 Å². The molecule has 14 heavy (non-hydrogen) atoms. The fraction of sp³-hybridized carbons (Fsp3) is 1.00. The van der Waals surface area contributed by atoms with Crippen LogP contribution in [0.2, 0.25) is 0 Å². The van der Waals surface area contributed by atoms with Crippen LogP contribution in [0.4, 0.5) is 13.2 Å². The van der Waals surface area contributed by atoms with Crippen LogP contribution in [-0.2, 0) is 0 Å². The Morgan fingerprint density at radius 2 is 1.71 bits per heavy atom. The molecule has 0 spiro atoms. The molecule has 1 rings (SSSR count). The zero-order chi connectivity index (χ0) is 11.0. The number of hydrogen-bond acceptors (Lipinski definition) is 1. The number of alkyl halides is 3.